The molecule has 0 atom stereocenters. The molecule has 21 heavy (non-hydrogen) atoms. The molecular formula is C15H16N2O4. The summed E-state index contributed by atoms with van der Waals surface area (Å²) in [6.45, 7) is 3.38. The van der Waals surface area contributed by atoms with Crippen LogP contribution in [0.15, 0.2) is 42.5 Å². The van der Waals surface area contributed by atoms with Crippen LogP contribution < -0.4 is 10.6 Å². The number of hydrogen-bond donors (Lipinski definition) is 3. The van der Waals surface area contributed by atoms with E-state index < -0.39 is 5.97 Å². The van der Waals surface area contributed by atoms with Crippen molar-refractivity contribution in [3.63, 3.8) is 0 Å². The molecule has 0 radical (unpaired) electrons. The molecule has 2 amide bonds. The Labute approximate surface area is 122 Å². The van der Waals surface area contributed by atoms with Gasteiger partial charge in [0.15, 0.2) is 0 Å². The lowest BCUT2D eigenvalue weighted by Gasteiger charge is -2.08. The van der Waals surface area contributed by atoms with Gasteiger partial charge in [-0.15, -0.1) is 0 Å². The molecule has 0 spiro atoms. The van der Waals surface area contributed by atoms with Crippen molar-refractivity contribution in [2.75, 3.05) is 10.6 Å². The molecule has 0 aromatic heterocycles. The maximum atomic E-state index is 11.5. The van der Waals surface area contributed by atoms with E-state index in [4.69, 9.17) is 5.11 Å². The first kappa shape index (κ1) is 16.2. The largest absolute Gasteiger partial charge is 0.478 e. The molecule has 6 nitrogen and oxygen atoms in total. The Balaban J connectivity index is 3.08. The number of allylic oxidation sites excluding steroid dienone is 2. The van der Waals surface area contributed by atoms with Crippen molar-refractivity contribution in [1.82, 2.24) is 0 Å². The highest BCUT2D eigenvalue weighted by molar-refractivity contribution is 6.03. The van der Waals surface area contributed by atoms with Crippen LogP contribution in [0.25, 0.3) is 0 Å². The van der Waals surface area contributed by atoms with Crippen molar-refractivity contribution in [3.8, 4) is 0 Å². The Kier molecular flexibility index (Phi) is 5.88. The van der Waals surface area contributed by atoms with Crippen LogP contribution in [0.5, 0.6) is 0 Å². The number of carbonyl (C=O) groups excluding carboxylic acids is 2. The second kappa shape index (κ2) is 7.64. The summed E-state index contributed by atoms with van der Waals surface area (Å²) < 4.78 is 0. The lowest BCUT2D eigenvalue weighted by Crippen LogP contribution is -2.12. The van der Waals surface area contributed by atoms with E-state index in [1.54, 1.807) is 26.0 Å². The van der Waals surface area contributed by atoms with E-state index >= 15 is 0 Å². The Morgan fingerprint density at radius 3 is 1.67 bits per heavy atom. The van der Waals surface area contributed by atoms with Crippen LogP contribution in [0.3, 0.4) is 0 Å². The molecule has 3 N–H and O–H groups in total. The first-order valence-electron chi connectivity index (χ1n) is 6.22. The first-order valence-corrected chi connectivity index (χ1v) is 6.22. The molecule has 0 aliphatic rings. The SMILES string of the molecule is CC=CC(=O)Nc1cc(NC(=O)C=CC)cc(C(=O)O)c1. The third kappa shape index (κ3) is 5.32. The second-order valence-corrected chi connectivity index (χ2v) is 4.08. The molecule has 0 saturated carbocycles. The molecule has 1 rings (SSSR count). The standard InChI is InChI=1S/C15H16N2O4/c1-3-5-13(18)16-11-7-10(15(20)21)8-12(9-11)17-14(19)6-4-2/h3-9H,1-2H3,(H,16,18)(H,17,19)(H,20,21). The molecule has 0 aliphatic carbocycles. The highest BCUT2D eigenvalue weighted by Gasteiger charge is 2.09. The number of aromatic carboxylic acids is 1. The summed E-state index contributed by atoms with van der Waals surface area (Å²) in [4.78, 5) is 34.0. The number of nitrogens with one attached hydrogen (secondary N) is 2. The molecule has 0 unspecified atom stereocenters. The van der Waals surface area contributed by atoms with Gasteiger partial charge >= 0.3 is 5.97 Å². The Morgan fingerprint density at radius 2 is 1.33 bits per heavy atom. The van der Waals surface area contributed by atoms with Gasteiger partial charge in [-0.2, -0.15) is 0 Å². The quantitative estimate of drug-likeness (QED) is 0.725. The Hall–Kier alpha value is -2.89. The van der Waals surface area contributed by atoms with Gasteiger partial charge in [0.05, 0.1) is 5.56 Å². The maximum absolute atomic E-state index is 11.5. The fraction of sp³-hybridized carbons (Fsp3) is 0.133. The molecule has 0 saturated heterocycles. The van der Waals surface area contributed by atoms with Crippen molar-refractivity contribution in [2.45, 2.75) is 13.8 Å². The molecule has 0 bridgehead atoms. The van der Waals surface area contributed by atoms with Gasteiger partial charge in [-0.25, -0.2) is 4.79 Å². The highest BCUT2D eigenvalue weighted by Crippen LogP contribution is 2.19. The number of carboxylic acid groups (broad SMARTS) is 1. The fourth-order valence-corrected chi connectivity index (χ4v) is 1.57. The highest BCUT2D eigenvalue weighted by atomic mass is 16.4. The predicted molar refractivity (Wildman–Crippen MR) is 80.3 cm³/mol. The van der Waals surface area contributed by atoms with Gasteiger partial charge in [-0.3, -0.25) is 9.59 Å². The average Bonchev–Trinajstić information content (AvgIpc) is 2.38. The van der Waals surface area contributed by atoms with Crippen molar-refractivity contribution in [2.24, 2.45) is 0 Å². The van der Waals surface area contributed by atoms with E-state index in [1.165, 1.54) is 30.4 Å². The van der Waals surface area contributed by atoms with Crippen molar-refractivity contribution >= 4 is 29.2 Å². The molecule has 0 aliphatic heterocycles. The average molecular weight is 288 g/mol. The van der Waals surface area contributed by atoms with E-state index in [1.807, 2.05) is 0 Å². The molecule has 1 aromatic carbocycles. The zero-order valence-electron chi connectivity index (χ0n) is 11.7. The van der Waals surface area contributed by atoms with Gasteiger partial charge in [0.1, 0.15) is 0 Å². The van der Waals surface area contributed by atoms with Crippen LogP contribution in [0, 0.1) is 0 Å². The van der Waals surface area contributed by atoms with E-state index in [9.17, 15) is 14.4 Å². The number of benzene rings is 1. The van der Waals surface area contributed by atoms with Gasteiger partial charge in [-0.1, -0.05) is 12.2 Å². The summed E-state index contributed by atoms with van der Waals surface area (Å²) in [6.07, 6.45) is 5.74. The number of carboxylic acids is 1. The second-order valence-electron chi connectivity index (χ2n) is 4.08. The van der Waals surface area contributed by atoms with Crippen LogP contribution in [0.2, 0.25) is 0 Å². The molecule has 110 valence electrons. The van der Waals surface area contributed by atoms with Crippen LogP contribution in [-0.4, -0.2) is 22.9 Å². The molecule has 0 fully saturated rings. The van der Waals surface area contributed by atoms with Gasteiger partial charge in [-0.05, 0) is 44.2 Å². The smallest absolute Gasteiger partial charge is 0.335 e. The zero-order valence-corrected chi connectivity index (χ0v) is 11.7. The lowest BCUT2D eigenvalue weighted by atomic mass is 10.1. The van der Waals surface area contributed by atoms with Crippen LogP contribution in [0.1, 0.15) is 24.2 Å². The van der Waals surface area contributed by atoms with Crippen molar-refractivity contribution < 1.29 is 19.5 Å². The number of anilines is 2. The molecule has 1 aromatic rings. The topological polar surface area (TPSA) is 95.5 Å². The number of rotatable bonds is 5. The maximum Gasteiger partial charge on any atom is 0.335 e. The van der Waals surface area contributed by atoms with Gasteiger partial charge < -0.3 is 15.7 Å². The fourth-order valence-electron chi connectivity index (χ4n) is 1.57. The van der Waals surface area contributed by atoms with E-state index in [0.717, 1.165) is 0 Å². The number of amides is 2. The molecule has 6 heteroatoms. The normalized spacial score (nSPS) is 10.8. The predicted octanol–water partition coefficient (Wildman–Crippen LogP) is 2.41. The summed E-state index contributed by atoms with van der Waals surface area (Å²) in [5.74, 6) is -1.92. The number of carbonyl (C=O) groups is 3. The Morgan fingerprint density at radius 1 is 0.905 bits per heavy atom. The van der Waals surface area contributed by atoms with Gasteiger partial charge in [0.25, 0.3) is 0 Å². The van der Waals surface area contributed by atoms with Gasteiger partial charge in [0.2, 0.25) is 11.8 Å². The van der Waals surface area contributed by atoms with Crippen LogP contribution in [-0.2, 0) is 9.59 Å². The molecular weight excluding hydrogens is 272 g/mol. The van der Waals surface area contributed by atoms with E-state index in [0.29, 0.717) is 0 Å². The minimum atomic E-state index is -1.15. The minimum absolute atomic E-state index is 0.0379. The van der Waals surface area contributed by atoms with E-state index in [2.05, 4.69) is 10.6 Å². The monoisotopic (exact) mass is 288 g/mol. The third-order valence-electron chi connectivity index (χ3n) is 2.35. The summed E-state index contributed by atoms with van der Waals surface area (Å²) in [6, 6.07) is 4.11. The summed E-state index contributed by atoms with van der Waals surface area (Å²) >= 11 is 0. The van der Waals surface area contributed by atoms with Crippen molar-refractivity contribution in [1.29, 1.82) is 0 Å². The number of hydrogen-bond acceptors (Lipinski definition) is 3. The lowest BCUT2D eigenvalue weighted by molar-refractivity contribution is -0.112. The zero-order chi connectivity index (χ0) is 15.8. The minimum Gasteiger partial charge on any atom is -0.478 e. The molecule has 0 heterocycles. The summed E-state index contributed by atoms with van der Waals surface area (Å²) in [5, 5.41) is 14.1. The first-order chi connectivity index (χ1) is 9.96. The van der Waals surface area contributed by atoms with E-state index in [-0.39, 0.29) is 28.8 Å². The summed E-state index contributed by atoms with van der Waals surface area (Å²) in [5.41, 5.74) is 0.534. The van der Waals surface area contributed by atoms with Gasteiger partial charge in [0, 0.05) is 11.4 Å². The third-order valence-corrected chi connectivity index (χ3v) is 2.35. The Bertz CT molecular complexity index is 574. The van der Waals surface area contributed by atoms with Crippen molar-refractivity contribution in [3.05, 3.63) is 48.1 Å². The van der Waals surface area contributed by atoms with Crippen LogP contribution >= 0.6 is 0 Å². The summed E-state index contributed by atoms with van der Waals surface area (Å²) in [7, 11) is 0. The van der Waals surface area contributed by atoms with Crippen LogP contribution in [0.4, 0.5) is 11.4 Å².